The molecule has 0 bridgehead atoms. The number of methoxy groups -OCH3 is 3. The number of benzene rings is 2. The highest BCUT2D eigenvalue weighted by atomic mass is 16.5. The molecule has 2 rings (SSSR count). The number of carbonyl (C=O) groups is 1. The Labute approximate surface area is 135 Å². The second kappa shape index (κ2) is 7.89. The van der Waals surface area contributed by atoms with E-state index in [0.29, 0.717) is 17.2 Å². The predicted octanol–water partition coefficient (Wildman–Crippen LogP) is 3.36. The number of nitrogens with one attached hydrogen (secondary N) is 1. The zero-order valence-electron chi connectivity index (χ0n) is 13.3. The van der Waals surface area contributed by atoms with Crippen molar-refractivity contribution in [2.24, 2.45) is 0 Å². The van der Waals surface area contributed by atoms with Crippen LogP contribution in [0.4, 0.5) is 5.69 Å². The molecule has 0 saturated carbocycles. The molecule has 5 heteroatoms. The first kappa shape index (κ1) is 16.4. The van der Waals surface area contributed by atoms with Gasteiger partial charge in [0.05, 0.1) is 21.3 Å². The summed E-state index contributed by atoms with van der Waals surface area (Å²) in [6.07, 6.45) is 3.13. The van der Waals surface area contributed by atoms with Crippen LogP contribution in [0.2, 0.25) is 0 Å². The molecule has 2 aromatic carbocycles. The number of ether oxygens (including phenoxy) is 3. The van der Waals surface area contributed by atoms with E-state index in [4.69, 9.17) is 14.2 Å². The number of anilines is 1. The third-order valence-corrected chi connectivity index (χ3v) is 3.21. The Morgan fingerprint density at radius 2 is 1.70 bits per heavy atom. The van der Waals surface area contributed by atoms with Gasteiger partial charge in [0.15, 0.2) is 11.5 Å². The van der Waals surface area contributed by atoms with Crippen LogP contribution >= 0.6 is 0 Å². The predicted molar refractivity (Wildman–Crippen MR) is 90.2 cm³/mol. The lowest BCUT2D eigenvalue weighted by molar-refractivity contribution is -0.111. The molecule has 0 aliphatic rings. The molecule has 2 aromatic rings. The molecule has 0 radical (unpaired) electrons. The molecule has 0 aliphatic heterocycles. The van der Waals surface area contributed by atoms with E-state index in [0.717, 1.165) is 11.3 Å². The first-order valence-corrected chi connectivity index (χ1v) is 7.02. The van der Waals surface area contributed by atoms with Gasteiger partial charge in [-0.2, -0.15) is 0 Å². The van der Waals surface area contributed by atoms with Crippen molar-refractivity contribution in [1.29, 1.82) is 0 Å². The summed E-state index contributed by atoms with van der Waals surface area (Å²) in [5.74, 6) is 1.70. The quantitative estimate of drug-likeness (QED) is 0.831. The maximum absolute atomic E-state index is 12.0. The van der Waals surface area contributed by atoms with Crippen LogP contribution in [0.5, 0.6) is 17.2 Å². The lowest BCUT2D eigenvalue weighted by atomic mass is 10.1. The van der Waals surface area contributed by atoms with Gasteiger partial charge in [-0.05, 0) is 36.4 Å². The van der Waals surface area contributed by atoms with Crippen LogP contribution in [-0.4, -0.2) is 27.2 Å². The molecule has 0 fully saturated rings. The van der Waals surface area contributed by atoms with E-state index in [1.54, 1.807) is 57.7 Å². The van der Waals surface area contributed by atoms with E-state index in [-0.39, 0.29) is 5.91 Å². The normalized spacial score (nSPS) is 10.4. The number of amides is 1. The summed E-state index contributed by atoms with van der Waals surface area (Å²) in [5.41, 5.74) is 1.45. The highest BCUT2D eigenvalue weighted by Crippen LogP contribution is 2.31. The summed E-state index contributed by atoms with van der Waals surface area (Å²) in [5, 5.41) is 2.78. The minimum absolute atomic E-state index is 0.236. The molecule has 0 unspecified atom stereocenters. The Morgan fingerprint density at radius 1 is 0.957 bits per heavy atom. The van der Waals surface area contributed by atoms with Crippen molar-refractivity contribution in [2.75, 3.05) is 26.6 Å². The molecule has 0 spiro atoms. The molecule has 0 atom stereocenters. The molecule has 1 amide bonds. The highest BCUT2D eigenvalue weighted by Gasteiger charge is 2.07. The summed E-state index contributed by atoms with van der Waals surface area (Å²) < 4.78 is 15.6. The van der Waals surface area contributed by atoms with Gasteiger partial charge in [0.1, 0.15) is 5.75 Å². The second-order valence-electron chi connectivity index (χ2n) is 4.63. The number of hydrogen-bond donors (Lipinski definition) is 1. The van der Waals surface area contributed by atoms with Gasteiger partial charge in [-0.15, -0.1) is 0 Å². The van der Waals surface area contributed by atoms with Gasteiger partial charge in [0.25, 0.3) is 0 Å². The van der Waals surface area contributed by atoms with Crippen LogP contribution in [-0.2, 0) is 4.79 Å². The first-order chi connectivity index (χ1) is 11.2. The van der Waals surface area contributed by atoms with Crippen LogP contribution in [0, 0.1) is 0 Å². The summed E-state index contributed by atoms with van der Waals surface area (Å²) in [6, 6.07) is 12.6. The van der Waals surface area contributed by atoms with E-state index < -0.39 is 0 Å². The lowest BCUT2D eigenvalue weighted by Crippen LogP contribution is -2.07. The van der Waals surface area contributed by atoms with Crippen molar-refractivity contribution in [3.63, 3.8) is 0 Å². The Morgan fingerprint density at radius 3 is 2.30 bits per heavy atom. The van der Waals surface area contributed by atoms with Gasteiger partial charge in [0.2, 0.25) is 5.91 Å². The summed E-state index contributed by atoms with van der Waals surface area (Å²) in [6.45, 7) is 0. The minimum Gasteiger partial charge on any atom is -0.497 e. The summed E-state index contributed by atoms with van der Waals surface area (Å²) in [7, 11) is 4.73. The molecule has 0 aliphatic carbocycles. The molecule has 0 heterocycles. The fraction of sp³-hybridized carbons (Fsp3) is 0.167. The summed E-state index contributed by atoms with van der Waals surface area (Å²) >= 11 is 0. The Balaban J connectivity index is 2.08. The van der Waals surface area contributed by atoms with E-state index in [2.05, 4.69) is 5.32 Å². The highest BCUT2D eigenvalue weighted by molar-refractivity contribution is 6.02. The van der Waals surface area contributed by atoms with Gasteiger partial charge in [-0.25, -0.2) is 0 Å². The van der Waals surface area contributed by atoms with Gasteiger partial charge in [0, 0.05) is 17.3 Å². The Hall–Kier alpha value is -2.95. The lowest BCUT2D eigenvalue weighted by Gasteiger charge is -2.09. The van der Waals surface area contributed by atoms with Crippen molar-refractivity contribution < 1.29 is 19.0 Å². The van der Waals surface area contributed by atoms with E-state index in [9.17, 15) is 4.79 Å². The molecule has 5 nitrogen and oxygen atoms in total. The maximum Gasteiger partial charge on any atom is 0.248 e. The SMILES string of the molecule is COc1ccc(NC(=O)/C=C/c2cccc(OC)c2OC)cc1. The van der Waals surface area contributed by atoms with E-state index in [1.807, 2.05) is 12.1 Å². The van der Waals surface area contributed by atoms with Crippen molar-refractivity contribution in [2.45, 2.75) is 0 Å². The van der Waals surface area contributed by atoms with Crippen LogP contribution in [0.15, 0.2) is 48.5 Å². The third kappa shape index (κ3) is 4.26. The third-order valence-electron chi connectivity index (χ3n) is 3.21. The number of carbonyl (C=O) groups excluding carboxylic acids is 1. The maximum atomic E-state index is 12.0. The van der Waals surface area contributed by atoms with Crippen molar-refractivity contribution >= 4 is 17.7 Å². The molecule has 120 valence electrons. The number of rotatable bonds is 6. The number of hydrogen-bond acceptors (Lipinski definition) is 4. The molecular weight excluding hydrogens is 294 g/mol. The van der Waals surface area contributed by atoms with E-state index in [1.165, 1.54) is 6.08 Å². The van der Waals surface area contributed by atoms with Gasteiger partial charge in [-0.1, -0.05) is 12.1 Å². The molecule has 1 N–H and O–H groups in total. The molecular formula is C18H19NO4. The van der Waals surface area contributed by atoms with Gasteiger partial charge >= 0.3 is 0 Å². The largest absolute Gasteiger partial charge is 0.497 e. The second-order valence-corrected chi connectivity index (χ2v) is 4.63. The zero-order valence-corrected chi connectivity index (χ0v) is 13.3. The van der Waals surface area contributed by atoms with Crippen molar-refractivity contribution in [3.8, 4) is 17.2 Å². The van der Waals surface area contributed by atoms with Crippen molar-refractivity contribution in [3.05, 3.63) is 54.1 Å². The van der Waals surface area contributed by atoms with Crippen molar-refractivity contribution in [1.82, 2.24) is 0 Å². The standard InChI is InChI=1S/C18H19NO4/c1-21-15-10-8-14(9-11-15)19-17(20)12-7-13-5-4-6-16(22-2)18(13)23-3/h4-12H,1-3H3,(H,19,20)/b12-7+. The molecule has 0 saturated heterocycles. The Bertz CT molecular complexity index is 693. The zero-order chi connectivity index (χ0) is 16.7. The van der Waals surface area contributed by atoms with Gasteiger partial charge in [-0.3, -0.25) is 4.79 Å². The molecule has 23 heavy (non-hydrogen) atoms. The average Bonchev–Trinajstić information content (AvgIpc) is 2.60. The number of para-hydroxylation sites is 1. The summed E-state index contributed by atoms with van der Waals surface area (Å²) in [4.78, 5) is 12.0. The smallest absolute Gasteiger partial charge is 0.248 e. The van der Waals surface area contributed by atoms with Crippen LogP contribution in [0.3, 0.4) is 0 Å². The monoisotopic (exact) mass is 313 g/mol. The van der Waals surface area contributed by atoms with Crippen LogP contribution < -0.4 is 19.5 Å². The molecule has 0 aromatic heterocycles. The first-order valence-electron chi connectivity index (χ1n) is 7.02. The van der Waals surface area contributed by atoms with Crippen LogP contribution in [0.25, 0.3) is 6.08 Å². The fourth-order valence-electron chi connectivity index (χ4n) is 2.07. The van der Waals surface area contributed by atoms with Gasteiger partial charge < -0.3 is 19.5 Å². The minimum atomic E-state index is -0.236. The van der Waals surface area contributed by atoms with E-state index >= 15 is 0 Å². The van der Waals surface area contributed by atoms with Crippen LogP contribution in [0.1, 0.15) is 5.56 Å². The topological polar surface area (TPSA) is 56.8 Å². The Kier molecular flexibility index (Phi) is 5.63. The average molecular weight is 313 g/mol. The fourth-order valence-corrected chi connectivity index (χ4v) is 2.07.